The number of methoxy groups -OCH3 is 1. The van der Waals surface area contributed by atoms with Gasteiger partial charge in [-0.25, -0.2) is 0 Å². The van der Waals surface area contributed by atoms with Crippen LogP contribution in [0.2, 0.25) is 0 Å². The number of furan rings is 1. The highest BCUT2D eigenvalue weighted by atomic mass is 16.5. The molecule has 7 nitrogen and oxygen atoms in total. The van der Waals surface area contributed by atoms with E-state index >= 15 is 0 Å². The van der Waals surface area contributed by atoms with Gasteiger partial charge in [0, 0.05) is 24.6 Å². The standard InChI is InChI=1S/C19H23N3O4/c1-4-6-16-21-18(26-22-16)10-9-17(23)20-12(2)15-11-13-7-5-8-14(24-3)19(13)25-15/h5,7-8,11-12H,4,6,9-10H2,1-3H3,(H,20,23). The smallest absolute Gasteiger partial charge is 0.227 e. The van der Waals surface area contributed by atoms with Crippen molar-refractivity contribution in [2.75, 3.05) is 7.11 Å². The van der Waals surface area contributed by atoms with Crippen molar-refractivity contribution in [1.82, 2.24) is 15.5 Å². The molecule has 0 fully saturated rings. The molecular formula is C19H23N3O4. The Morgan fingerprint density at radius 1 is 1.35 bits per heavy atom. The van der Waals surface area contributed by atoms with E-state index < -0.39 is 0 Å². The second kappa shape index (κ2) is 8.03. The Balaban J connectivity index is 1.58. The van der Waals surface area contributed by atoms with Crippen LogP contribution in [0.1, 0.15) is 50.2 Å². The summed E-state index contributed by atoms with van der Waals surface area (Å²) in [5, 5.41) is 7.76. The summed E-state index contributed by atoms with van der Waals surface area (Å²) in [6.07, 6.45) is 2.44. The molecule has 0 bridgehead atoms. The number of carbonyl (C=O) groups is 1. The zero-order valence-electron chi connectivity index (χ0n) is 15.2. The van der Waals surface area contributed by atoms with E-state index in [9.17, 15) is 4.79 Å². The molecule has 0 aliphatic heterocycles. The Labute approximate surface area is 151 Å². The first-order chi connectivity index (χ1) is 12.6. The Bertz CT molecular complexity index is 884. The number of carbonyl (C=O) groups excluding carboxylic acids is 1. The first-order valence-corrected chi connectivity index (χ1v) is 8.78. The van der Waals surface area contributed by atoms with Crippen molar-refractivity contribution >= 4 is 16.9 Å². The van der Waals surface area contributed by atoms with E-state index in [1.54, 1.807) is 7.11 Å². The molecule has 1 amide bonds. The molecule has 2 aromatic heterocycles. The van der Waals surface area contributed by atoms with Crippen LogP contribution in [0.3, 0.4) is 0 Å². The van der Waals surface area contributed by atoms with Crippen LogP contribution in [0, 0.1) is 0 Å². The van der Waals surface area contributed by atoms with Gasteiger partial charge in [0.2, 0.25) is 11.8 Å². The number of benzene rings is 1. The lowest BCUT2D eigenvalue weighted by Crippen LogP contribution is -2.26. The third-order valence-corrected chi connectivity index (χ3v) is 4.10. The first kappa shape index (κ1) is 18.0. The predicted molar refractivity (Wildman–Crippen MR) is 95.9 cm³/mol. The highest BCUT2D eigenvalue weighted by Crippen LogP contribution is 2.30. The molecule has 0 aliphatic carbocycles. The van der Waals surface area contributed by atoms with Crippen LogP contribution in [0.25, 0.3) is 11.0 Å². The first-order valence-electron chi connectivity index (χ1n) is 8.78. The number of amides is 1. The zero-order chi connectivity index (χ0) is 18.5. The van der Waals surface area contributed by atoms with Crippen molar-refractivity contribution in [1.29, 1.82) is 0 Å². The van der Waals surface area contributed by atoms with E-state index in [1.165, 1.54) is 0 Å². The molecule has 0 radical (unpaired) electrons. The minimum absolute atomic E-state index is 0.0971. The molecule has 1 aromatic carbocycles. The normalized spacial score (nSPS) is 12.3. The molecule has 7 heteroatoms. The summed E-state index contributed by atoms with van der Waals surface area (Å²) in [5.41, 5.74) is 0.681. The van der Waals surface area contributed by atoms with Gasteiger partial charge in [0.1, 0.15) is 5.76 Å². The van der Waals surface area contributed by atoms with E-state index in [0.29, 0.717) is 35.2 Å². The van der Waals surface area contributed by atoms with E-state index in [1.807, 2.05) is 31.2 Å². The van der Waals surface area contributed by atoms with Crippen molar-refractivity contribution in [2.45, 2.75) is 45.6 Å². The molecule has 3 rings (SSSR count). The molecule has 3 aromatic rings. The van der Waals surface area contributed by atoms with Gasteiger partial charge in [-0.2, -0.15) is 4.98 Å². The maximum Gasteiger partial charge on any atom is 0.227 e. The van der Waals surface area contributed by atoms with Gasteiger partial charge in [0.15, 0.2) is 17.2 Å². The van der Waals surface area contributed by atoms with Crippen molar-refractivity contribution in [2.24, 2.45) is 0 Å². The van der Waals surface area contributed by atoms with Gasteiger partial charge in [-0.05, 0) is 25.5 Å². The van der Waals surface area contributed by atoms with Gasteiger partial charge < -0.3 is 19.0 Å². The lowest BCUT2D eigenvalue weighted by molar-refractivity contribution is -0.121. The lowest BCUT2D eigenvalue weighted by atomic mass is 10.2. The van der Waals surface area contributed by atoms with E-state index in [2.05, 4.69) is 22.4 Å². The van der Waals surface area contributed by atoms with Crippen molar-refractivity contribution in [3.63, 3.8) is 0 Å². The number of hydrogen-bond acceptors (Lipinski definition) is 6. The molecular weight excluding hydrogens is 334 g/mol. The highest BCUT2D eigenvalue weighted by Gasteiger charge is 2.17. The molecule has 1 atom stereocenters. The van der Waals surface area contributed by atoms with Crippen LogP contribution in [0.15, 0.2) is 33.2 Å². The lowest BCUT2D eigenvalue weighted by Gasteiger charge is -2.10. The highest BCUT2D eigenvalue weighted by molar-refractivity contribution is 5.84. The Hall–Kier alpha value is -2.83. The van der Waals surface area contributed by atoms with Crippen molar-refractivity contribution in [3.05, 3.63) is 41.7 Å². The number of para-hydroxylation sites is 1. The predicted octanol–water partition coefficient (Wildman–Crippen LogP) is 3.59. The molecule has 26 heavy (non-hydrogen) atoms. The molecule has 138 valence electrons. The molecule has 1 unspecified atom stereocenters. The summed E-state index contributed by atoms with van der Waals surface area (Å²) in [6, 6.07) is 7.36. The summed E-state index contributed by atoms with van der Waals surface area (Å²) >= 11 is 0. The number of aryl methyl sites for hydroxylation is 2. The van der Waals surface area contributed by atoms with Crippen LogP contribution in [0.5, 0.6) is 5.75 Å². The Morgan fingerprint density at radius 3 is 2.96 bits per heavy atom. The van der Waals surface area contributed by atoms with Crippen LogP contribution >= 0.6 is 0 Å². The van der Waals surface area contributed by atoms with Gasteiger partial charge in [-0.15, -0.1) is 0 Å². The van der Waals surface area contributed by atoms with Gasteiger partial charge in [0.05, 0.1) is 13.2 Å². The summed E-state index contributed by atoms with van der Waals surface area (Å²) < 4.78 is 16.3. The van der Waals surface area contributed by atoms with Crippen molar-refractivity contribution < 1.29 is 18.5 Å². The number of aromatic nitrogens is 2. The second-order valence-electron chi connectivity index (χ2n) is 6.17. The summed E-state index contributed by atoms with van der Waals surface area (Å²) in [6.45, 7) is 3.94. The minimum atomic E-state index is -0.252. The number of rotatable bonds is 8. The second-order valence-corrected chi connectivity index (χ2v) is 6.17. The maximum absolute atomic E-state index is 12.2. The minimum Gasteiger partial charge on any atom is -0.493 e. The number of nitrogens with zero attached hydrogens (tertiary/aromatic N) is 2. The van der Waals surface area contributed by atoms with Gasteiger partial charge in [-0.3, -0.25) is 4.79 Å². The van der Waals surface area contributed by atoms with E-state index in [4.69, 9.17) is 13.7 Å². The topological polar surface area (TPSA) is 90.4 Å². The summed E-state index contributed by atoms with van der Waals surface area (Å²) in [7, 11) is 1.60. The number of nitrogens with one attached hydrogen (secondary N) is 1. The van der Waals surface area contributed by atoms with E-state index in [-0.39, 0.29) is 18.4 Å². The maximum atomic E-state index is 12.2. The molecule has 0 saturated heterocycles. The fourth-order valence-electron chi connectivity index (χ4n) is 2.75. The third-order valence-electron chi connectivity index (χ3n) is 4.10. The quantitative estimate of drug-likeness (QED) is 0.662. The van der Waals surface area contributed by atoms with Crippen LogP contribution in [-0.2, 0) is 17.6 Å². The molecule has 2 heterocycles. The number of ether oxygens (including phenoxy) is 1. The molecule has 1 N–H and O–H groups in total. The average Bonchev–Trinajstić information content (AvgIpc) is 3.26. The van der Waals surface area contributed by atoms with Crippen LogP contribution < -0.4 is 10.1 Å². The largest absolute Gasteiger partial charge is 0.493 e. The number of fused-ring (bicyclic) bond motifs is 1. The van der Waals surface area contributed by atoms with Crippen LogP contribution in [0.4, 0.5) is 0 Å². The average molecular weight is 357 g/mol. The SMILES string of the molecule is CCCc1noc(CCC(=O)NC(C)c2cc3cccc(OC)c3o2)n1. The summed E-state index contributed by atoms with van der Waals surface area (Å²) in [4.78, 5) is 16.5. The summed E-state index contributed by atoms with van der Waals surface area (Å²) in [5.74, 6) is 2.44. The molecule has 0 saturated carbocycles. The molecule has 0 aliphatic rings. The van der Waals surface area contributed by atoms with Gasteiger partial charge in [0.25, 0.3) is 0 Å². The third kappa shape index (κ3) is 4.04. The number of hydrogen-bond donors (Lipinski definition) is 1. The van der Waals surface area contributed by atoms with Crippen LogP contribution in [-0.4, -0.2) is 23.2 Å². The zero-order valence-corrected chi connectivity index (χ0v) is 15.2. The van der Waals surface area contributed by atoms with Gasteiger partial charge in [-0.1, -0.05) is 24.2 Å². The Morgan fingerprint density at radius 2 is 2.19 bits per heavy atom. The van der Waals surface area contributed by atoms with E-state index in [0.717, 1.165) is 18.2 Å². The van der Waals surface area contributed by atoms with Gasteiger partial charge >= 0.3 is 0 Å². The van der Waals surface area contributed by atoms with Crippen molar-refractivity contribution in [3.8, 4) is 5.75 Å². The monoisotopic (exact) mass is 357 g/mol. The molecule has 0 spiro atoms. The fourth-order valence-corrected chi connectivity index (χ4v) is 2.75. The Kier molecular flexibility index (Phi) is 5.55. The fraction of sp³-hybridized carbons (Fsp3) is 0.421.